The summed E-state index contributed by atoms with van der Waals surface area (Å²) in [4.78, 5) is 11.4. The van der Waals surface area contributed by atoms with Gasteiger partial charge in [-0.15, -0.1) is 0 Å². The summed E-state index contributed by atoms with van der Waals surface area (Å²) >= 11 is 5.89. The Balaban J connectivity index is 2.29. The van der Waals surface area contributed by atoms with Gasteiger partial charge in [-0.25, -0.2) is 0 Å². The molecule has 1 atom stereocenters. The molecule has 0 heterocycles. The second-order valence-corrected chi connectivity index (χ2v) is 4.09. The summed E-state index contributed by atoms with van der Waals surface area (Å²) in [5.74, 6) is 0.413. The fraction of sp³-hybridized carbons (Fsp3) is 0.417. The summed E-state index contributed by atoms with van der Waals surface area (Å²) in [6.45, 7) is 1.91. The van der Waals surface area contributed by atoms with Crippen LogP contribution in [0.15, 0.2) is 24.3 Å². The van der Waals surface area contributed by atoms with Crippen molar-refractivity contribution in [3.05, 3.63) is 29.3 Å². The number of aliphatic hydroxyl groups is 1. The van der Waals surface area contributed by atoms with E-state index < -0.39 is 0 Å². The Morgan fingerprint density at radius 3 is 2.88 bits per heavy atom. The first-order chi connectivity index (χ1) is 8.13. The Morgan fingerprint density at radius 1 is 1.53 bits per heavy atom. The van der Waals surface area contributed by atoms with E-state index in [2.05, 4.69) is 5.32 Å². The number of rotatable bonds is 6. The van der Waals surface area contributed by atoms with Crippen LogP contribution >= 0.6 is 11.6 Å². The van der Waals surface area contributed by atoms with Gasteiger partial charge < -0.3 is 15.2 Å². The molecular weight excluding hydrogens is 242 g/mol. The molecule has 17 heavy (non-hydrogen) atoms. The molecule has 0 aliphatic heterocycles. The number of benzene rings is 1. The van der Waals surface area contributed by atoms with Gasteiger partial charge in [0.05, 0.1) is 24.7 Å². The molecule has 1 unspecified atom stereocenters. The summed E-state index contributed by atoms with van der Waals surface area (Å²) in [5, 5.41) is 11.9. The highest BCUT2D eigenvalue weighted by atomic mass is 35.5. The molecule has 0 radical (unpaired) electrons. The molecule has 0 aliphatic rings. The quantitative estimate of drug-likeness (QED) is 0.814. The predicted molar refractivity (Wildman–Crippen MR) is 66.3 cm³/mol. The minimum atomic E-state index is -0.234. The molecule has 1 amide bonds. The number of nitrogens with one attached hydrogen (secondary N) is 1. The van der Waals surface area contributed by atoms with Crippen LogP contribution < -0.4 is 10.1 Å². The normalized spacial score (nSPS) is 11.9. The summed E-state index contributed by atoms with van der Waals surface area (Å²) in [6, 6.07) is 6.87. The van der Waals surface area contributed by atoms with Gasteiger partial charge in [0.15, 0.2) is 0 Å². The van der Waals surface area contributed by atoms with Gasteiger partial charge in [-0.2, -0.15) is 0 Å². The van der Waals surface area contributed by atoms with Crippen LogP contribution in [0.2, 0.25) is 5.02 Å². The highest BCUT2D eigenvalue weighted by Gasteiger charge is 2.06. The van der Waals surface area contributed by atoms with Crippen molar-refractivity contribution in [2.75, 3.05) is 13.2 Å². The average molecular weight is 258 g/mol. The van der Waals surface area contributed by atoms with Crippen molar-refractivity contribution < 1.29 is 14.6 Å². The van der Waals surface area contributed by atoms with Gasteiger partial charge in [0.2, 0.25) is 5.91 Å². The lowest BCUT2D eigenvalue weighted by atomic mass is 10.3. The molecule has 0 saturated carbocycles. The Hall–Kier alpha value is -1.26. The van der Waals surface area contributed by atoms with E-state index in [0.29, 0.717) is 10.8 Å². The number of carbonyl (C=O) groups excluding carboxylic acids is 1. The summed E-state index contributed by atoms with van der Waals surface area (Å²) in [6.07, 6.45) is 0.232. The van der Waals surface area contributed by atoms with Crippen molar-refractivity contribution >= 4 is 17.5 Å². The number of carbonyl (C=O) groups is 1. The first-order valence-electron chi connectivity index (χ1n) is 5.41. The third-order valence-corrected chi connectivity index (χ3v) is 2.42. The van der Waals surface area contributed by atoms with Crippen molar-refractivity contribution in [2.24, 2.45) is 0 Å². The van der Waals surface area contributed by atoms with Crippen molar-refractivity contribution in [2.45, 2.75) is 19.4 Å². The number of para-hydroxylation sites is 1. The molecule has 0 bridgehead atoms. The molecule has 5 heteroatoms. The fourth-order valence-corrected chi connectivity index (χ4v) is 1.40. The van der Waals surface area contributed by atoms with E-state index >= 15 is 0 Å². The van der Waals surface area contributed by atoms with Gasteiger partial charge in [0, 0.05) is 6.04 Å². The fourth-order valence-electron chi connectivity index (χ4n) is 1.21. The van der Waals surface area contributed by atoms with Crippen molar-refractivity contribution in [1.82, 2.24) is 5.32 Å². The monoisotopic (exact) mass is 257 g/mol. The molecule has 94 valence electrons. The number of hydrogen-bond acceptors (Lipinski definition) is 3. The highest BCUT2D eigenvalue weighted by molar-refractivity contribution is 6.32. The third-order valence-electron chi connectivity index (χ3n) is 2.10. The van der Waals surface area contributed by atoms with Crippen LogP contribution in [0.3, 0.4) is 0 Å². The summed E-state index contributed by atoms with van der Waals surface area (Å²) in [7, 11) is 0. The zero-order valence-electron chi connectivity index (χ0n) is 9.65. The van der Waals surface area contributed by atoms with Crippen LogP contribution in [0.25, 0.3) is 0 Å². The zero-order valence-corrected chi connectivity index (χ0v) is 10.4. The van der Waals surface area contributed by atoms with Crippen molar-refractivity contribution in [3.8, 4) is 5.75 Å². The van der Waals surface area contributed by atoms with Crippen LogP contribution in [0.4, 0.5) is 0 Å². The van der Waals surface area contributed by atoms with Gasteiger partial charge in [-0.3, -0.25) is 4.79 Å². The number of ether oxygens (including phenoxy) is 1. The third kappa shape index (κ3) is 5.06. The second kappa shape index (κ2) is 7.14. The maximum absolute atomic E-state index is 11.4. The number of amides is 1. The Morgan fingerprint density at radius 2 is 2.24 bits per heavy atom. The van der Waals surface area contributed by atoms with Gasteiger partial charge >= 0.3 is 0 Å². The Kier molecular flexibility index (Phi) is 5.80. The molecule has 1 aromatic rings. The average Bonchev–Trinajstić information content (AvgIpc) is 2.31. The van der Waals surface area contributed by atoms with Crippen LogP contribution in [0.5, 0.6) is 5.75 Å². The van der Waals surface area contributed by atoms with E-state index in [9.17, 15) is 4.79 Å². The smallest absolute Gasteiger partial charge is 0.223 e. The van der Waals surface area contributed by atoms with E-state index in [-0.39, 0.29) is 31.6 Å². The predicted octanol–water partition coefficient (Wildman–Crippen LogP) is 1.61. The molecule has 0 spiro atoms. The van der Waals surface area contributed by atoms with E-state index in [4.69, 9.17) is 21.4 Å². The molecular formula is C12H16ClNO3. The number of aliphatic hydroxyl groups excluding tert-OH is 1. The summed E-state index contributed by atoms with van der Waals surface area (Å²) < 4.78 is 5.37. The topological polar surface area (TPSA) is 58.6 Å². The first-order valence-corrected chi connectivity index (χ1v) is 5.79. The molecule has 2 N–H and O–H groups in total. The van der Waals surface area contributed by atoms with E-state index in [1.807, 2.05) is 12.1 Å². The Bertz CT molecular complexity index is 371. The summed E-state index contributed by atoms with van der Waals surface area (Å²) in [5.41, 5.74) is 0. The highest BCUT2D eigenvalue weighted by Crippen LogP contribution is 2.22. The first kappa shape index (κ1) is 13.8. The van der Waals surface area contributed by atoms with Gasteiger partial charge in [-0.1, -0.05) is 23.7 Å². The van der Waals surface area contributed by atoms with Gasteiger partial charge in [0.1, 0.15) is 5.75 Å². The Labute approximate surface area is 106 Å². The van der Waals surface area contributed by atoms with Crippen LogP contribution in [0.1, 0.15) is 13.3 Å². The van der Waals surface area contributed by atoms with Gasteiger partial charge in [0.25, 0.3) is 0 Å². The molecule has 0 saturated heterocycles. The SMILES string of the molecule is CC(CO)NC(=O)CCOc1ccccc1Cl. The van der Waals surface area contributed by atoms with Crippen molar-refractivity contribution in [3.63, 3.8) is 0 Å². The van der Waals surface area contributed by atoms with E-state index in [0.717, 1.165) is 0 Å². The van der Waals surface area contributed by atoms with Crippen LogP contribution in [0, 0.1) is 0 Å². The molecule has 1 aromatic carbocycles. The molecule has 0 fully saturated rings. The maximum Gasteiger partial charge on any atom is 0.223 e. The van der Waals surface area contributed by atoms with E-state index in [1.54, 1.807) is 19.1 Å². The number of halogens is 1. The lowest BCUT2D eigenvalue weighted by Gasteiger charge is -2.11. The lowest BCUT2D eigenvalue weighted by Crippen LogP contribution is -2.35. The van der Waals surface area contributed by atoms with E-state index in [1.165, 1.54) is 0 Å². The largest absolute Gasteiger partial charge is 0.491 e. The molecule has 0 aromatic heterocycles. The molecule has 1 rings (SSSR count). The van der Waals surface area contributed by atoms with Crippen molar-refractivity contribution in [1.29, 1.82) is 0 Å². The zero-order chi connectivity index (χ0) is 12.7. The number of hydrogen-bond donors (Lipinski definition) is 2. The minimum absolute atomic E-state index is 0.0723. The lowest BCUT2D eigenvalue weighted by molar-refractivity contribution is -0.122. The van der Waals surface area contributed by atoms with Gasteiger partial charge in [-0.05, 0) is 19.1 Å². The minimum Gasteiger partial charge on any atom is -0.491 e. The molecule has 0 aliphatic carbocycles. The second-order valence-electron chi connectivity index (χ2n) is 3.68. The van der Waals surface area contributed by atoms with Crippen LogP contribution in [-0.2, 0) is 4.79 Å². The molecule has 4 nitrogen and oxygen atoms in total. The maximum atomic E-state index is 11.4. The standard InChI is InChI=1S/C12H16ClNO3/c1-9(8-15)14-12(16)6-7-17-11-5-3-2-4-10(11)13/h2-5,9,15H,6-8H2,1H3,(H,14,16). The van der Waals surface area contributed by atoms with Crippen LogP contribution in [-0.4, -0.2) is 30.3 Å².